The van der Waals surface area contributed by atoms with E-state index in [9.17, 15) is 5.11 Å². The van der Waals surface area contributed by atoms with E-state index < -0.39 is 6.10 Å². The molecule has 1 aromatic rings. The Balaban J connectivity index is 2.91. The minimum absolute atomic E-state index is 0.232. The molecule has 16 heavy (non-hydrogen) atoms. The Kier molecular flexibility index (Phi) is 4.51. The summed E-state index contributed by atoms with van der Waals surface area (Å²) in [7, 11) is 0. The summed E-state index contributed by atoms with van der Waals surface area (Å²) in [5.74, 6) is 0.232. The molecule has 0 aliphatic heterocycles. The van der Waals surface area contributed by atoms with Gasteiger partial charge in [0, 0.05) is 0 Å². The molecular formula is C14H23NO. The van der Waals surface area contributed by atoms with E-state index in [4.69, 9.17) is 5.73 Å². The van der Waals surface area contributed by atoms with Crippen molar-refractivity contribution in [3.8, 4) is 0 Å². The van der Waals surface area contributed by atoms with Crippen LogP contribution in [0.15, 0.2) is 18.2 Å². The second-order valence-corrected chi connectivity index (χ2v) is 4.82. The van der Waals surface area contributed by atoms with Crippen molar-refractivity contribution in [1.82, 2.24) is 0 Å². The van der Waals surface area contributed by atoms with Crippen LogP contribution in [0.2, 0.25) is 0 Å². The molecule has 2 heteroatoms. The zero-order valence-corrected chi connectivity index (χ0v) is 10.7. The summed E-state index contributed by atoms with van der Waals surface area (Å²) in [5.41, 5.74) is 9.53. The Labute approximate surface area is 98.5 Å². The second kappa shape index (κ2) is 5.46. The topological polar surface area (TPSA) is 46.2 Å². The molecule has 0 bridgehead atoms. The number of rotatable bonds is 4. The minimum Gasteiger partial charge on any atom is -0.391 e. The SMILES string of the molecule is CCC(C)[C@H](O)[C@H](N)c1cc(C)cc(C)c1. The average Bonchev–Trinajstić information content (AvgIpc) is 2.24. The largest absolute Gasteiger partial charge is 0.391 e. The van der Waals surface area contributed by atoms with E-state index in [0.29, 0.717) is 0 Å². The average molecular weight is 221 g/mol. The predicted octanol–water partition coefficient (Wildman–Crippen LogP) is 2.71. The van der Waals surface area contributed by atoms with Gasteiger partial charge in [-0.2, -0.15) is 0 Å². The molecule has 0 radical (unpaired) electrons. The molecule has 3 N–H and O–H groups in total. The lowest BCUT2D eigenvalue weighted by Gasteiger charge is -2.24. The van der Waals surface area contributed by atoms with Gasteiger partial charge in [-0.15, -0.1) is 0 Å². The molecule has 2 nitrogen and oxygen atoms in total. The zero-order chi connectivity index (χ0) is 12.3. The predicted molar refractivity (Wildman–Crippen MR) is 68.3 cm³/mol. The van der Waals surface area contributed by atoms with Crippen molar-refractivity contribution >= 4 is 0 Å². The molecule has 90 valence electrons. The Morgan fingerprint density at radius 3 is 2.12 bits per heavy atom. The summed E-state index contributed by atoms with van der Waals surface area (Å²) in [6.45, 7) is 8.22. The van der Waals surface area contributed by atoms with Crippen molar-refractivity contribution in [2.75, 3.05) is 0 Å². The molecule has 0 saturated heterocycles. The zero-order valence-electron chi connectivity index (χ0n) is 10.7. The van der Waals surface area contributed by atoms with Gasteiger partial charge in [0.25, 0.3) is 0 Å². The van der Waals surface area contributed by atoms with Crippen LogP contribution < -0.4 is 5.73 Å². The maximum absolute atomic E-state index is 10.1. The number of aryl methyl sites for hydroxylation is 2. The number of aliphatic hydroxyl groups is 1. The third-order valence-corrected chi connectivity index (χ3v) is 3.22. The van der Waals surface area contributed by atoms with E-state index in [0.717, 1.165) is 12.0 Å². The summed E-state index contributed by atoms with van der Waals surface area (Å²) in [6, 6.07) is 5.95. The maximum Gasteiger partial charge on any atom is 0.0758 e. The van der Waals surface area contributed by atoms with Crippen LogP contribution in [0.3, 0.4) is 0 Å². The van der Waals surface area contributed by atoms with Gasteiger partial charge in [-0.3, -0.25) is 0 Å². The molecule has 0 amide bonds. The van der Waals surface area contributed by atoms with Crippen LogP contribution in [0, 0.1) is 19.8 Å². The molecule has 1 unspecified atom stereocenters. The number of aliphatic hydroxyl groups excluding tert-OH is 1. The smallest absolute Gasteiger partial charge is 0.0758 e. The maximum atomic E-state index is 10.1. The quantitative estimate of drug-likeness (QED) is 0.821. The fraction of sp³-hybridized carbons (Fsp3) is 0.571. The van der Waals surface area contributed by atoms with Crippen molar-refractivity contribution in [3.05, 3.63) is 34.9 Å². The number of hydrogen-bond donors (Lipinski definition) is 2. The third-order valence-electron chi connectivity index (χ3n) is 3.22. The summed E-state index contributed by atoms with van der Waals surface area (Å²) in [6.07, 6.45) is 0.478. The van der Waals surface area contributed by atoms with Gasteiger partial charge in [-0.05, 0) is 25.3 Å². The normalized spacial score (nSPS) is 16.9. The van der Waals surface area contributed by atoms with E-state index in [2.05, 4.69) is 39.0 Å². The first kappa shape index (κ1) is 13.2. The van der Waals surface area contributed by atoms with E-state index in [1.165, 1.54) is 11.1 Å². The Morgan fingerprint density at radius 2 is 1.69 bits per heavy atom. The van der Waals surface area contributed by atoms with E-state index in [-0.39, 0.29) is 12.0 Å². The summed E-state index contributed by atoms with van der Waals surface area (Å²) < 4.78 is 0. The minimum atomic E-state index is -0.466. The molecule has 0 aromatic heterocycles. The number of nitrogens with two attached hydrogens (primary N) is 1. The highest BCUT2D eigenvalue weighted by atomic mass is 16.3. The fourth-order valence-electron chi connectivity index (χ4n) is 1.99. The Hall–Kier alpha value is -0.860. The van der Waals surface area contributed by atoms with E-state index in [1.807, 2.05) is 6.92 Å². The number of hydrogen-bond acceptors (Lipinski definition) is 2. The first-order valence-electron chi connectivity index (χ1n) is 5.97. The molecule has 0 fully saturated rings. The first-order chi connectivity index (χ1) is 7.45. The van der Waals surface area contributed by atoms with Crippen LogP contribution in [0.4, 0.5) is 0 Å². The first-order valence-corrected chi connectivity index (χ1v) is 5.97. The number of benzene rings is 1. The van der Waals surface area contributed by atoms with Crippen LogP contribution in [0.5, 0.6) is 0 Å². The van der Waals surface area contributed by atoms with Gasteiger partial charge in [0.15, 0.2) is 0 Å². The third kappa shape index (κ3) is 3.06. The van der Waals surface area contributed by atoms with Crippen molar-refractivity contribution < 1.29 is 5.11 Å². The molecule has 0 aliphatic carbocycles. The molecule has 1 aromatic carbocycles. The molecule has 0 spiro atoms. The van der Waals surface area contributed by atoms with Crippen molar-refractivity contribution in [2.24, 2.45) is 11.7 Å². The second-order valence-electron chi connectivity index (χ2n) is 4.82. The highest BCUT2D eigenvalue weighted by Gasteiger charge is 2.21. The van der Waals surface area contributed by atoms with E-state index >= 15 is 0 Å². The van der Waals surface area contributed by atoms with Gasteiger partial charge in [-0.1, -0.05) is 49.6 Å². The molecule has 1 rings (SSSR count). The van der Waals surface area contributed by atoms with Gasteiger partial charge >= 0.3 is 0 Å². The lowest BCUT2D eigenvalue weighted by atomic mass is 9.90. The van der Waals surface area contributed by atoms with E-state index in [1.54, 1.807) is 0 Å². The lowest BCUT2D eigenvalue weighted by Crippen LogP contribution is -2.31. The summed E-state index contributed by atoms with van der Waals surface area (Å²) in [5, 5.41) is 10.1. The van der Waals surface area contributed by atoms with Crippen LogP contribution in [-0.4, -0.2) is 11.2 Å². The van der Waals surface area contributed by atoms with Gasteiger partial charge in [0.2, 0.25) is 0 Å². The monoisotopic (exact) mass is 221 g/mol. The van der Waals surface area contributed by atoms with Crippen molar-refractivity contribution in [1.29, 1.82) is 0 Å². The van der Waals surface area contributed by atoms with Crippen LogP contribution >= 0.6 is 0 Å². The molecule has 3 atom stereocenters. The lowest BCUT2D eigenvalue weighted by molar-refractivity contribution is 0.0879. The fourth-order valence-corrected chi connectivity index (χ4v) is 1.99. The molecule has 0 heterocycles. The van der Waals surface area contributed by atoms with Gasteiger partial charge in [-0.25, -0.2) is 0 Å². The standard InChI is InChI=1S/C14H23NO/c1-5-11(4)14(16)13(15)12-7-9(2)6-10(3)8-12/h6-8,11,13-14,16H,5,15H2,1-4H3/t11?,13-,14+/m1/s1. The van der Waals surface area contributed by atoms with Gasteiger partial charge in [0.1, 0.15) is 0 Å². The van der Waals surface area contributed by atoms with Gasteiger partial charge in [0.05, 0.1) is 12.1 Å². The molecular weight excluding hydrogens is 198 g/mol. The van der Waals surface area contributed by atoms with Crippen LogP contribution in [0.1, 0.15) is 43.0 Å². The Bertz CT molecular complexity index is 328. The van der Waals surface area contributed by atoms with Gasteiger partial charge < -0.3 is 10.8 Å². The summed E-state index contributed by atoms with van der Waals surface area (Å²) in [4.78, 5) is 0. The Morgan fingerprint density at radius 1 is 1.19 bits per heavy atom. The summed E-state index contributed by atoms with van der Waals surface area (Å²) >= 11 is 0. The van der Waals surface area contributed by atoms with Crippen molar-refractivity contribution in [3.63, 3.8) is 0 Å². The molecule has 0 saturated carbocycles. The highest BCUT2D eigenvalue weighted by molar-refractivity contribution is 5.31. The van der Waals surface area contributed by atoms with Crippen molar-refractivity contribution in [2.45, 2.75) is 46.3 Å². The van der Waals surface area contributed by atoms with Crippen LogP contribution in [0.25, 0.3) is 0 Å². The highest BCUT2D eigenvalue weighted by Crippen LogP contribution is 2.23. The van der Waals surface area contributed by atoms with Crippen LogP contribution in [-0.2, 0) is 0 Å². The molecule has 0 aliphatic rings.